The van der Waals surface area contributed by atoms with E-state index in [9.17, 15) is 0 Å². The van der Waals surface area contributed by atoms with E-state index in [0.29, 0.717) is 5.37 Å². The minimum atomic E-state index is 0.628. The number of nitrogens with one attached hydrogen (secondary N) is 1. The first-order valence-corrected chi connectivity index (χ1v) is 4.07. The molecule has 0 aromatic rings. The fraction of sp³-hybridized carbons (Fsp3) is 1.00. The molecule has 7 heavy (non-hydrogen) atoms. The Labute approximate surface area is 53.7 Å². The van der Waals surface area contributed by atoms with Crippen molar-refractivity contribution < 1.29 is 0 Å². The zero-order chi connectivity index (χ0) is 5.11. The highest BCUT2D eigenvalue weighted by Crippen LogP contribution is 2.13. The summed E-state index contributed by atoms with van der Waals surface area (Å²) < 4.78 is 0. The zero-order valence-electron chi connectivity index (χ0n) is 4.05. The molecular formula is C4H9NS2. The second-order valence-electron chi connectivity index (χ2n) is 1.50. The van der Waals surface area contributed by atoms with E-state index < -0.39 is 0 Å². The first-order chi connectivity index (χ1) is 3.43. The number of hydrogen-bond donors (Lipinski definition) is 2. The minimum Gasteiger partial charge on any atom is -0.304 e. The maximum atomic E-state index is 4.13. The van der Waals surface area contributed by atoms with E-state index in [4.69, 9.17) is 0 Å². The van der Waals surface area contributed by atoms with Gasteiger partial charge in [0.05, 0.1) is 5.37 Å². The number of hydrogen-bond acceptors (Lipinski definition) is 3. The van der Waals surface area contributed by atoms with Gasteiger partial charge in [-0.25, -0.2) is 0 Å². The quantitative estimate of drug-likeness (QED) is 0.510. The van der Waals surface area contributed by atoms with E-state index in [1.165, 1.54) is 5.75 Å². The second-order valence-corrected chi connectivity index (χ2v) is 3.17. The van der Waals surface area contributed by atoms with E-state index in [1.54, 1.807) is 0 Å². The van der Waals surface area contributed by atoms with Crippen LogP contribution in [0.25, 0.3) is 0 Å². The highest BCUT2D eigenvalue weighted by molar-refractivity contribution is 8.00. The first kappa shape index (κ1) is 5.79. The monoisotopic (exact) mass is 135 g/mol. The Kier molecular flexibility index (Phi) is 2.35. The molecule has 0 saturated carbocycles. The Hall–Kier alpha value is 0.660. The van der Waals surface area contributed by atoms with Crippen LogP contribution in [0.1, 0.15) is 0 Å². The smallest absolute Gasteiger partial charge is 0.0622 e. The Morgan fingerprint density at radius 1 is 1.86 bits per heavy atom. The van der Waals surface area contributed by atoms with Gasteiger partial charge in [0.25, 0.3) is 0 Å². The molecule has 1 nitrogen and oxygen atoms in total. The molecule has 1 aliphatic rings. The van der Waals surface area contributed by atoms with Crippen LogP contribution in [0.5, 0.6) is 0 Å². The third-order valence-electron chi connectivity index (χ3n) is 0.959. The lowest BCUT2D eigenvalue weighted by Gasteiger charge is -2.00. The first-order valence-electron chi connectivity index (χ1n) is 2.39. The maximum absolute atomic E-state index is 4.13. The summed E-state index contributed by atoms with van der Waals surface area (Å²) in [5, 5.41) is 3.92. The molecule has 1 rings (SSSR count). The molecule has 0 aliphatic carbocycles. The van der Waals surface area contributed by atoms with E-state index >= 15 is 0 Å². The molecular weight excluding hydrogens is 126 g/mol. The summed E-state index contributed by atoms with van der Waals surface area (Å²) in [5.74, 6) is 2.22. The molecule has 42 valence electrons. The van der Waals surface area contributed by atoms with Crippen LogP contribution in [0.2, 0.25) is 0 Å². The van der Waals surface area contributed by atoms with Crippen molar-refractivity contribution in [1.82, 2.24) is 5.32 Å². The highest BCUT2D eigenvalue weighted by atomic mass is 32.2. The van der Waals surface area contributed by atoms with Crippen LogP contribution in [0.4, 0.5) is 0 Å². The number of thioether (sulfide) groups is 1. The fourth-order valence-corrected chi connectivity index (χ4v) is 1.90. The molecule has 3 heteroatoms. The number of thiol groups is 1. The van der Waals surface area contributed by atoms with Gasteiger partial charge < -0.3 is 5.32 Å². The van der Waals surface area contributed by atoms with E-state index in [0.717, 1.165) is 12.3 Å². The van der Waals surface area contributed by atoms with Crippen LogP contribution in [0.15, 0.2) is 0 Å². The molecule has 1 heterocycles. The molecule has 1 aliphatic heterocycles. The fourth-order valence-electron chi connectivity index (χ4n) is 0.597. The molecule has 0 aromatic heterocycles. The SMILES string of the molecule is SCC1NCCS1. The summed E-state index contributed by atoms with van der Waals surface area (Å²) in [4.78, 5) is 0. The van der Waals surface area contributed by atoms with Crippen molar-refractivity contribution in [3.8, 4) is 0 Å². The molecule has 0 bridgehead atoms. The third kappa shape index (κ3) is 1.55. The van der Waals surface area contributed by atoms with Crippen molar-refractivity contribution >= 4 is 24.4 Å². The Morgan fingerprint density at radius 2 is 2.71 bits per heavy atom. The van der Waals surface area contributed by atoms with Gasteiger partial charge in [-0.05, 0) is 0 Å². The van der Waals surface area contributed by atoms with Crippen LogP contribution in [0.3, 0.4) is 0 Å². The summed E-state index contributed by atoms with van der Waals surface area (Å²) in [6, 6.07) is 0. The summed E-state index contributed by atoms with van der Waals surface area (Å²) >= 11 is 6.09. The molecule has 1 N–H and O–H groups in total. The van der Waals surface area contributed by atoms with E-state index in [2.05, 4.69) is 17.9 Å². The van der Waals surface area contributed by atoms with Gasteiger partial charge in [-0.1, -0.05) is 0 Å². The van der Waals surface area contributed by atoms with Crippen molar-refractivity contribution in [3.05, 3.63) is 0 Å². The predicted octanol–water partition coefficient (Wildman–Crippen LogP) is 0.579. The van der Waals surface area contributed by atoms with Gasteiger partial charge in [0.2, 0.25) is 0 Å². The molecule has 1 saturated heterocycles. The van der Waals surface area contributed by atoms with Crippen LogP contribution in [-0.4, -0.2) is 23.4 Å². The van der Waals surface area contributed by atoms with Gasteiger partial charge in [0, 0.05) is 18.1 Å². The van der Waals surface area contributed by atoms with Gasteiger partial charge in [-0.15, -0.1) is 11.8 Å². The Morgan fingerprint density at radius 3 is 3.00 bits per heavy atom. The Bertz CT molecular complexity index is 51.7. The second kappa shape index (κ2) is 2.84. The summed E-state index contributed by atoms with van der Waals surface area (Å²) in [5.41, 5.74) is 0. The molecule has 1 unspecified atom stereocenters. The van der Waals surface area contributed by atoms with Crippen molar-refractivity contribution in [2.24, 2.45) is 0 Å². The van der Waals surface area contributed by atoms with Crippen LogP contribution >= 0.6 is 24.4 Å². The average Bonchev–Trinajstić information content (AvgIpc) is 2.14. The van der Waals surface area contributed by atoms with E-state index in [-0.39, 0.29) is 0 Å². The van der Waals surface area contributed by atoms with E-state index in [1.807, 2.05) is 11.8 Å². The average molecular weight is 135 g/mol. The molecule has 0 aromatic carbocycles. The lowest BCUT2D eigenvalue weighted by molar-refractivity contribution is 0.769. The standard InChI is InChI=1S/C4H9NS2/c6-3-4-5-1-2-7-4/h4-6H,1-3H2. The summed E-state index contributed by atoms with van der Waals surface area (Å²) in [6.07, 6.45) is 0. The lowest BCUT2D eigenvalue weighted by Crippen LogP contribution is -2.20. The van der Waals surface area contributed by atoms with Gasteiger partial charge in [-0.3, -0.25) is 0 Å². The van der Waals surface area contributed by atoms with Gasteiger partial charge in [-0.2, -0.15) is 12.6 Å². The van der Waals surface area contributed by atoms with Gasteiger partial charge >= 0.3 is 0 Å². The van der Waals surface area contributed by atoms with Crippen molar-refractivity contribution in [2.45, 2.75) is 5.37 Å². The van der Waals surface area contributed by atoms with Crippen LogP contribution in [0, 0.1) is 0 Å². The molecule has 0 amide bonds. The normalized spacial score (nSPS) is 31.3. The molecule has 1 fully saturated rings. The highest BCUT2D eigenvalue weighted by Gasteiger charge is 2.10. The van der Waals surface area contributed by atoms with Crippen LogP contribution in [-0.2, 0) is 0 Å². The Balaban J connectivity index is 2.14. The lowest BCUT2D eigenvalue weighted by atomic mass is 10.7. The van der Waals surface area contributed by atoms with Crippen molar-refractivity contribution in [1.29, 1.82) is 0 Å². The molecule has 0 spiro atoms. The third-order valence-corrected chi connectivity index (χ3v) is 2.75. The number of rotatable bonds is 1. The van der Waals surface area contributed by atoms with Crippen molar-refractivity contribution in [3.63, 3.8) is 0 Å². The zero-order valence-corrected chi connectivity index (χ0v) is 5.77. The van der Waals surface area contributed by atoms with Crippen LogP contribution < -0.4 is 5.32 Å². The largest absolute Gasteiger partial charge is 0.304 e. The molecule has 1 atom stereocenters. The minimum absolute atomic E-state index is 0.628. The topological polar surface area (TPSA) is 12.0 Å². The van der Waals surface area contributed by atoms with Gasteiger partial charge in [0.1, 0.15) is 0 Å². The summed E-state index contributed by atoms with van der Waals surface area (Å²) in [6.45, 7) is 1.16. The molecule has 0 radical (unpaired) electrons. The van der Waals surface area contributed by atoms with Gasteiger partial charge in [0.15, 0.2) is 0 Å². The maximum Gasteiger partial charge on any atom is 0.0622 e. The van der Waals surface area contributed by atoms with Crippen molar-refractivity contribution in [2.75, 3.05) is 18.1 Å². The summed E-state index contributed by atoms with van der Waals surface area (Å²) in [7, 11) is 0. The predicted molar refractivity (Wildman–Crippen MR) is 38.1 cm³/mol.